The van der Waals surface area contributed by atoms with E-state index in [4.69, 9.17) is 4.74 Å². The average molecular weight is 333 g/mol. The second-order valence-electron chi connectivity index (χ2n) is 7.42. The number of aliphatic hydroxyl groups is 1. The van der Waals surface area contributed by atoms with Crippen LogP contribution in [0.4, 0.5) is 0 Å². The first kappa shape index (κ1) is 16.1. The highest BCUT2D eigenvalue weighted by atomic mass is 16.5. The van der Waals surface area contributed by atoms with E-state index < -0.39 is 0 Å². The predicted octanol–water partition coefficient (Wildman–Crippen LogP) is 1.22. The van der Waals surface area contributed by atoms with E-state index in [-0.39, 0.29) is 30.6 Å². The number of amides is 1. The van der Waals surface area contributed by atoms with Crippen LogP contribution in [0.25, 0.3) is 0 Å². The molecule has 1 saturated heterocycles. The molecule has 2 fully saturated rings. The number of morpholine rings is 1. The van der Waals surface area contributed by atoms with Gasteiger partial charge in [-0.3, -0.25) is 9.89 Å². The fourth-order valence-corrected chi connectivity index (χ4v) is 4.63. The molecule has 0 spiro atoms. The van der Waals surface area contributed by atoms with Crippen molar-refractivity contribution in [3.8, 4) is 0 Å². The Morgan fingerprint density at radius 3 is 3.08 bits per heavy atom. The lowest BCUT2D eigenvalue weighted by Gasteiger charge is -2.37. The number of hydrogen-bond donors (Lipinski definition) is 2. The maximum atomic E-state index is 12.8. The molecule has 3 atom stereocenters. The van der Waals surface area contributed by atoms with Gasteiger partial charge >= 0.3 is 0 Å². The average Bonchev–Trinajstić information content (AvgIpc) is 3.23. The lowest BCUT2D eigenvalue weighted by Crippen LogP contribution is -2.51. The summed E-state index contributed by atoms with van der Waals surface area (Å²) >= 11 is 0. The van der Waals surface area contributed by atoms with Gasteiger partial charge in [-0.1, -0.05) is 0 Å². The molecule has 6 nitrogen and oxygen atoms in total. The lowest BCUT2D eigenvalue weighted by molar-refractivity contribution is -0.143. The second kappa shape index (κ2) is 6.84. The smallest absolute Gasteiger partial charge is 0.223 e. The molecule has 1 aromatic rings. The standard InChI is InChI=1S/C18H27N3O3/c22-11-12-9-16-17(10-12)24-8-7-21(16)18(23)6-5-15-13-3-1-2-4-14(13)19-20-15/h12,16-17,22H,1-11H2,(H,19,20)/t12-,16+,17+/m1/s1. The molecular weight excluding hydrogens is 306 g/mol. The van der Waals surface area contributed by atoms with Gasteiger partial charge in [0.1, 0.15) is 0 Å². The van der Waals surface area contributed by atoms with Crippen LogP contribution < -0.4 is 0 Å². The van der Waals surface area contributed by atoms with Crippen molar-refractivity contribution in [1.82, 2.24) is 15.1 Å². The zero-order valence-electron chi connectivity index (χ0n) is 14.2. The molecule has 2 aliphatic carbocycles. The zero-order chi connectivity index (χ0) is 16.5. The first-order valence-corrected chi connectivity index (χ1v) is 9.33. The third-order valence-electron chi connectivity index (χ3n) is 5.93. The molecule has 24 heavy (non-hydrogen) atoms. The highest BCUT2D eigenvalue weighted by Gasteiger charge is 2.42. The van der Waals surface area contributed by atoms with E-state index in [1.165, 1.54) is 24.1 Å². The Hall–Kier alpha value is -1.40. The third kappa shape index (κ3) is 2.97. The number of aromatic amines is 1. The Kier molecular flexibility index (Phi) is 4.59. The van der Waals surface area contributed by atoms with Crippen LogP contribution in [-0.2, 0) is 28.8 Å². The normalized spacial score (nSPS) is 29.4. The fourth-order valence-electron chi connectivity index (χ4n) is 4.63. The summed E-state index contributed by atoms with van der Waals surface area (Å²) in [7, 11) is 0. The number of fused-ring (bicyclic) bond motifs is 2. The summed E-state index contributed by atoms with van der Waals surface area (Å²) in [5.74, 6) is 0.478. The number of carbonyl (C=O) groups excluding carboxylic acids is 1. The van der Waals surface area contributed by atoms with Gasteiger partial charge in [0.15, 0.2) is 0 Å². The molecule has 0 aromatic carbocycles. The van der Waals surface area contributed by atoms with E-state index in [1.807, 2.05) is 4.90 Å². The van der Waals surface area contributed by atoms with Crippen molar-refractivity contribution in [2.24, 2.45) is 5.92 Å². The number of H-pyrrole nitrogens is 1. The van der Waals surface area contributed by atoms with Crippen molar-refractivity contribution in [1.29, 1.82) is 0 Å². The lowest BCUT2D eigenvalue weighted by atomic mass is 9.94. The summed E-state index contributed by atoms with van der Waals surface area (Å²) in [6, 6.07) is 0.150. The molecule has 1 saturated carbocycles. The van der Waals surface area contributed by atoms with Gasteiger partial charge < -0.3 is 14.7 Å². The Bertz CT molecular complexity index is 600. The number of ether oxygens (including phenoxy) is 1. The maximum Gasteiger partial charge on any atom is 0.223 e. The van der Waals surface area contributed by atoms with Gasteiger partial charge in [0.25, 0.3) is 0 Å². The van der Waals surface area contributed by atoms with Crippen LogP contribution in [0.1, 0.15) is 49.1 Å². The largest absolute Gasteiger partial charge is 0.396 e. The molecule has 0 bridgehead atoms. The van der Waals surface area contributed by atoms with Gasteiger partial charge in [-0.2, -0.15) is 5.10 Å². The summed E-state index contributed by atoms with van der Waals surface area (Å²) in [6.45, 7) is 1.48. The Balaban J connectivity index is 1.38. The minimum absolute atomic E-state index is 0.109. The van der Waals surface area contributed by atoms with Gasteiger partial charge in [-0.05, 0) is 50.0 Å². The van der Waals surface area contributed by atoms with E-state index in [0.29, 0.717) is 19.6 Å². The summed E-state index contributed by atoms with van der Waals surface area (Å²) in [5.41, 5.74) is 3.72. The van der Waals surface area contributed by atoms with Gasteiger partial charge in [-0.15, -0.1) is 0 Å². The second-order valence-corrected chi connectivity index (χ2v) is 7.42. The van der Waals surface area contributed by atoms with Crippen LogP contribution in [0.5, 0.6) is 0 Å². The monoisotopic (exact) mass is 333 g/mol. The van der Waals surface area contributed by atoms with Gasteiger partial charge in [0.05, 0.1) is 24.4 Å². The van der Waals surface area contributed by atoms with E-state index >= 15 is 0 Å². The minimum atomic E-state index is 0.109. The fraction of sp³-hybridized carbons (Fsp3) is 0.778. The predicted molar refractivity (Wildman–Crippen MR) is 88.6 cm³/mol. The molecule has 4 rings (SSSR count). The molecule has 1 aromatic heterocycles. The number of nitrogens with one attached hydrogen (secondary N) is 1. The van der Waals surface area contributed by atoms with E-state index in [0.717, 1.165) is 37.8 Å². The van der Waals surface area contributed by atoms with Crippen LogP contribution in [0.3, 0.4) is 0 Å². The van der Waals surface area contributed by atoms with Crippen LogP contribution in [0.2, 0.25) is 0 Å². The number of aliphatic hydroxyl groups excluding tert-OH is 1. The van der Waals surface area contributed by atoms with Gasteiger partial charge in [0, 0.05) is 31.7 Å². The zero-order valence-corrected chi connectivity index (χ0v) is 14.2. The molecule has 1 aliphatic heterocycles. The number of rotatable bonds is 4. The van der Waals surface area contributed by atoms with Crippen molar-refractivity contribution in [3.63, 3.8) is 0 Å². The van der Waals surface area contributed by atoms with Crippen molar-refractivity contribution < 1.29 is 14.6 Å². The van der Waals surface area contributed by atoms with Crippen LogP contribution in [0.15, 0.2) is 0 Å². The van der Waals surface area contributed by atoms with E-state index in [1.54, 1.807) is 0 Å². The maximum absolute atomic E-state index is 12.8. The molecule has 2 N–H and O–H groups in total. The number of aromatic nitrogens is 2. The summed E-state index contributed by atoms with van der Waals surface area (Å²) in [5, 5.41) is 17.0. The molecule has 6 heteroatoms. The molecule has 0 unspecified atom stereocenters. The SMILES string of the molecule is O=C(CCc1n[nH]c2c1CCCC2)N1CCO[C@H]2C[C@H](CO)C[C@@H]21. The van der Waals surface area contributed by atoms with Crippen LogP contribution in [0, 0.1) is 5.92 Å². The molecule has 2 heterocycles. The number of nitrogens with zero attached hydrogens (tertiary/aromatic N) is 2. The highest BCUT2D eigenvalue weighted by Crippen LogP contribution is 2.34. The number of carbonyl (C=O) groups is 1. The Labute approximate surface area is 142 Å². The Morgan fingerprint density at radius 1 is 1.33 bits per heavy atom. The summed E-state index contributed by atoms with van der Waals surface area (Å²) in [4.78, 5) is 14.8. The number of aryl methyl sites for hydroxylation is 2. The summed E-state index contributed by atoms with van der Waals surface area (Å²) in [6.07, 6.45) is 7.73. The Morgan fingerprint density at radius 2 is 2.21 bits per heavy atom. The van der Waals surface area contributed by atoms with Gasteiger partial charge in [0.2, 0.25) is 5.91 Å². The molecular formula is C18H27N3O3. The molecule has 1 amide bonds. The minimum Gasteiger partial charge on any atom is -0.396 e. The first-order valence-electron chi connectivity index (χ1n) is 9.33. The molecule has 132 valence electrons. The van der Waals surface area contributed by atoms with E-state index in [2.05, 4.69) is 10.2 Å². The van der Waals surface area contributed by atoms with Crippen LogP contribution >= 0.6 is 0 Å². The third-order valence-corrected chi connectivity index (χ3v) is 5.93. The van der Waals surface area contributed by atoms with Crippen molar-refractivity contribution in [3.05, 3.63) is 17.0 Å². The summed E-state index contributed by atoms with van der Waals surface area (Å²) < 4.78 is 5.82. The first-order chi connectivity index (χ1) is 11.8. The van der Waals surface area contributed by atoms with Crippen molar-refractivity contribution >= 4 is 5.91 Å². The molecule has 0 radical (unpaired) electrons. The van der Waals surface area contributed by atoms with Crippen molar-refractivity contribution in [2.75, 3.05) is 19.8 Å². The topological polar surface area (TPSA) is 78.5 Å². The molecule has 3 aliphatic rings. The van der Waals surface area contributed by atoms with E-state index in [9.17, 15) is 9.90 Å². The quantitative estimate of drug-likeness (QED) is 0.868. The van der Waals surface area contributed by atoms with Crippen LogP contribution in [-0.4, -0.2) is 58.0 Å². The highest BCUT2D eigenvalue weighted by molar-refractivity contribution is 5.77. The van der Waals surface area contributed by atoms with Crippen molar-refractivity contribution in [2.45, 2.75) is 63.5 Å². The number of hydrogen-bond acceptors (Lipinski definition) is 4. The van der Waals surface area contributed by atoms with Gasteiger partial charge in [-0.25, -0.2) is 0 Å².